The maximum atomic E-state index is 11.9. The zero-order chi connectivity index (χ0) is 12.4. The van der Waals surface area contributed by atoms with E-state index in [2.05, 4.69) is 6.07 Å². The lowest BCUT2D eigenvalue weighted by molar-refractivity contribution is -0.117. The second kappa shape index (κ2) is 5.13. The molecule has 0 aromatic heterocycles. The fourth-order valence-electron chi connectivity index (χ4n) is 2.07. The maximum absolute atomic E-state index is 11.9. The summed E-state index contributed by atoms with van der Waals surface area (Å²) in [6.07, 6.45) is 2.00. The van der Waals surface area contributed by atoms with Crippen LogP contribution in [0, 0.1) is 19.8 Å². The predicted octanol–water partition coefficient (Wildman–Crippen LogP) is 2.53. The van der Waals surface area contributed by atoms with Crippen LogP contribution in [0.1, 0.15) is 29.5 Å². The van der Waals surface area contributed by atoms with E-state index in [4.69, 9.17) is 0 Å². The lowest BCUT2D eigenvalue weighted by Gasteiger charge is -2.05. The first-order chi connectivity index (χ1) is 8.04. The number of hydrogen-bond acceptors (Lipinski definition) is 2. The van der Waals surface area contributed by atoms with Crippen LogP contribution in [-0.4, -0.2) is 15.7 Å². The Morgan fingerprint density at radius 2 is 1.82 bits per heavy atom. The molecule has 0 heterocycles. The molecule has 1 aromatic rings. The third kappa shape index (κ3) is 3.77. The van der Waals surface area contributed by atoms with Crippen LogP contribution in [0.15, 0.2) is 18.2 Å². The maximum Gasteiger partial charge on any atom is 0.148 e. The second-order valence-electron chi connectivity index (χ2n) is 4.97. The van der Waals surface area contributed by atoms with Gasteiger partial charge in [-0.2, -0.15) is 0 Å². The van der Waals surface area contributed by atoms with Gasteiger partial charge in [-0.15, -0.1) is 0 Å². The number of benzene rings is 1. The van der Waals surface area contributed by atoms with Crippen molar-refractivity contribution in [3.05, 3.63) is 34.9 Å². The van der Waals surface area contributed by atoms with Gasteiger partial charge in [-0.3, -0.25) is 9.00 Å². The summed E-state index contributed by atoms with van der Waals surface area (Å²) >= 11 is 0. The highest BCUT2D eigenvalue weighted by Gasteiger charge is 2.30. The molecule has 0 saturated heterocycles. The quantitative estimate of drug-likeness (QED) is 0.804. The monoisotopic (exact) mass is 250 g/mol. The molecule has 0 amide bonds. The van der Waals surface area contributed by atoms with Crippen LogP contribution in [0.4, 0.5) is 0 Å². The van der Waals surface area contributed by atoms with Crippen molar-refractivity contribution in [2.75, 3.05) is 5.75 Å². The van der Waals surface area contributed by atoms with Gasteiger partial charge in [-0.25, -0.2) is 0 Å². The lowest BCUT2D eigenvalue weighted by atomic mass is 10.1. The molecule has 1 unspecified atom stereocenters. The van der Waals surface area contributed by atoms with E-state index in [1.165, 1.54) is 11.1 Å². The molecule has 0 spiro atoms. The van der Waals surface area contributed by atoms with E-state index in [-0.39, 0.29) is 17.5 Å². The van der Waals surface area contributed by atoms with Gasteiger partial charge >= 0.3 is 0 Å². The SMILES string of the molecule is Cc1cc(C)cc(CS(=O)CC(=O)C2CC2)c1. The van der Waals surface area contributed by atoms with Gasteiger partial charge in [0.2, 0.25) is 0 Å². The minimum atomic E-state index is -1.05. The molecule has 0 N–H and O–H groups in total. The molecule has 1 atom stereocenters. The van der Waals surface area contributed by atoms with Gasteiger partial charge in [0.15, 0.2) is 0 Å². The zero-order valence-electron chi connectivity index (χ0n) is 10.4. The van der Waals surface area contributed by atoms with Gasteiger partial charge < -0.3 is 0 Å². The molecule has 2 rings (SSSR count). The number of carbonyl (C=O) groups is 1. The average Bonchev–Trinajstić information content (AvgIpc) is 2.97. The molecule has 1 aliphatic carbocycles. The fourth-order valence-corrected chi connectivity index (χ4v) is 3.26. The minimum absolute atomic E-state index is 0.188. The Morgan fingerprint density at radius 3 is 2.35 bits per heavy atom. The Balaban J connectivity index is 1.95. The van der Waals surface area contributed by atoms with Crippen LogP contribution in [0.2, 0.25) is 0 Å². The standard InChI is InChI=1S/C14H18O2S/c1-10-5-11(2)7-12(6-10)8-17(16)9-14(15)13-3-4-13/h5-7,13H,3-4,8-9H2,1-2H3. The van der Waals surface area contributed by atoms with Crippen molar-refractivity contribution in [3.63, 3.8) is 0 Å². The van der Waals surface area contributed by atoms with E-state index in [0.29, 0.717) is 5.75 Å². The van der Waals surface area contributed by atoms with Crippen LogP contribution in [0.25, 0.3) is 0 Å². The smallest absolute Gasteiger partial charge is 0.148 e. The number of carbonyl (C=O) groups excluding carboxylic acids is 1. The molecule has 0 radical (unpaired) electrons. The molecule has 0 aliphatic heterocycles. The third-order valence-electron chi connectivity index (χ3n) is 2.95. The summed E-state index contributed by atoms with van der Waals surface area (Å²) in [5.41, 5.74) is 3.44. The Hall–Kier alpha value is -0.960. The molecule has 2 nitrogen and oxygen atoms in total. The first-order valence-corrected chi connectivity index (χ1v) is 7.48. The molecule has 3 heteroatoms. The highest BCUT2D eigenvalue weighted by Crippen LogP contribution is 2.30. The molecule has 1 aliphatic rings. The molecular formula is C14H18O2S. The molecule has 92 valence electrons. The highest BCUT2D eigenvalue weighted by atomic mass is 32.2. The van der Waals surface area contributed by atoms with Crippen molar-refractivity contribution in [2.24, 2.45) is 5.92 Å². The van der Waals surface area contributed by atoms with E-state index in [0.717, 1.165) is 18.4 Å². The molecule has 1 saturated carbocycles. The van der Waals surface area contributed by atoms with Gasteiger partial charge in [0.05, 0.1) is 5.75 Å². The number of hydrogen-bond donors (Lipinski definition) is 0. The highest BCUT2D eigenvalue weighted by molar-refractivity contribution is 7.84. The van der Waals surface area contributed by atoms with E-state index >= 15 is 0 Å². The Kier molecular flexibility index (Phi) is 3.77. The predicted molar refractivity (Wildman–Crippen MR) is 70.4 cm³/mol. The zero-order valence-corrected chi connectivity index (χ0v) is 11.2. The Labute approximate surface area is 105 Å². The summed E-state index contributed by atoms with van der Waals surface area (Å²) in [7, 11) is -1.05. The first kappa shape index (κ1) is 12.5. The van der Waals surface area contributed by atoms with Crippen LogP contribution < -0.4 is 0 Å². The lowest BCUT2D eigenvalue weighted by Crippen LogP contribution is -2.13. The van der Waals surface area contributed by atoms with Gasteiger partial charge in [0.1, 0.15) is 5.78 Å². The van der Waals surface area contributed by atoms with Crippen molar-refractivity contribution >= 4 is 16.6 Å². The summed E-state index contributed by atoms with van der Waals surface area (Å²) in [5, 5.41) is 0. The van der Waals surface area contributed by atoms with Gasteiger partial charge in [-0.1, -0.05) is 29.3 Å². The number of aryl methyl sites for hydroxylation is 2. The summed E-state index contributed by atoms with van der Waals surface area (Å²) in [4.78, 5) is 11.5. The van der Waals surface area contributed by atoms with Crippen molar-refractivity contribution < 1.29 is 9.00 Å². The summed E-state index contributed by atoms with van der Waals surface area (Å²) in [6, 6.07) is 6.20. The molecule has 0 bridgehead atoms. The van der Waals surface area contributed by atoms with Crippen molar-refractivity contribution in [2.45, 2.75) is 32.4 Å². The van der Waals surface area contributed by atoms with Crippen LogP contribution in [0.5, 0.6) is 0 Å². The second-order valence-corrected chi connectivity index (χ2v) is 6.42. The molecule has 1 fully saturated rings. The summed E-state index contributed by atoms with van der Waals surface area (Å²) in [6.45, 7) is 4.07. The Morgan fingerprint density at radius 1 is 1.24 bits per heavy atom. The number of Topliss-reactive ketones (excluding diaryl/α,β-unsaturated/α-hetero) is 1. The van der Waals surface area contributed by atoms with Crippen LogP contribution >= 0.6 is 0 Å². The summed E-state index contributed by atoms with van der Waals surface area (Å²) < 4.78 is 11.9. The van der Waals surface area contributed by atoms with E-state index in [1.807, 2.05) is 26.0 Å². The normalized spacial score (nSPS) is 16.8. The van der Waals surface area contributed by atoms with Gasteiger partial charge in [-0.05, 0) is 32.3 Å². The molecule has 17 heavy (non-hydrogen) atoms. The van der Waals surface area contributed by atoms with E-state index in [1.54, 1.807) is 0 Å². The number of rotatable bonds is 5. The topological polar surface area (TPSA) is 34.1 Å². The first-order valence-electron chi connectivity index (χ1n) is 5.99. The van der Waals surface area contributed by atoms with Crippen LogP contribution in [-0.2, 0) is 21.3 Å². The van der Waals surface area contributed by atoms with Crippen molar-refractivity contribution in [1.82, 2.24) is 0 Å². The largest absolute Gasteiger partial charge is 0.298 e. The molecule has 1 aromatic carbocycles. The number of ketones is 1. The summed E-state index contributed by atoms with van der Waals surface area (Å²) in [5.74, 6) is 1.14. The average molecular weight is 250 g/mol. The van der Waals surface area contributed by atoms with E-state index < -0.39 is 10.8 Å². The van der Waals surface area contributed by atoms with Crippen molar-refractivity contribution in [1.29, 1.82) is 0 Å². The van der Waals surface area contributed by atoms with Crippen LogP contribution in [0.3, 0.4) is 0 Å². The van der Waals surface area contributed by atoms with Gasteiger partial charge in [0, 0.05) is 22.5 Å². The Bertz CT molecular complexity index is 441. The molecular weight excluding hydrogens is 232 g/mol. The minimum Gasteiger partial charge on any atom is -0.298 e. The van der Waals surface area contributed by atoms with E-state index in [9.17, 15) is 9.00 Å². The fraction of sp³-hybridized carbons (Fsp3) is 0.500. The third-order valence-corrected chi connectivity index (χ3v) is 4.21. The van der Waals surface area contributed by atoms with Crippen molar-refractivity contribution in [3.8, 4) is 0 Å². The van der Waals surface area contributed by atoms with Gasteiger partial charge in [0.25, 0.3) is 0 Å².